The van der Waals surface area contributed by atoms with Crippen LogP contribution in [-0.2, 0) is 4.74 Å². The monoisotopic (exact) mass is 392 g/mol. The van der Waals surface area contributed by atoms with E-state index in [0.717, 1.165) is 11.9 Å². The van der Waals surface area contributed by atoms with Crippen molar-refractivity contribution in [3.8, 4) is 0 Å². The van der Waals surface area contributed by atoms with Crippen LogP contribution in [0.2, 0.25) is 13.1 Å². The van der Waals surface area contributed by atoms with Gasteiger partial charge in [-0.2, -0.15) is 0 Å². The summed E-state index contributed by atoms with van der Waals surface area (Å²) in [5, 5.41) is 2.32. The van der Waals surface area contributed by atoms with Crippen LogP contribution in [0.4, 0.5) is 0 Å². The van der Waals surface area contributed by atoms with Crippen LogP contribution in [0.15, 0.2) is 71.7 Å². The van der Waals surface area contributed by atoms with E-state index in [1.54, 1.807) is 10.9 Å². The molecule has 27 heavy (non-hydrogen) atoms. The average Bonchev–Trinajstić information content (AvgIpc) is 3.06. The smallest absolute Gasteiger partial charge is 0.127 e. The molecule has 0 saturated carbocycles. The molecule has 2 bridgehead atoms. The van der Waals surface area contributed by atoms with E-state index in [4.69, 9.17) is 4.74 Å². The number of fused-ring (bicyclic) bond motifs is 2. The zero-order valence-corrected chi connectivity index (χ0v) is 19.0. The Kier molecular flexibility index (Phi) is 4.90. The van der Waals surface area contributed by atoms with Crippen molar-refractivity contribution in [3.63, 3.8) is 0 Å². The van der Waals surface area contributed by atoms with E-state index < -0.39 is 16.7 Å². The molecule has 0 aliphatic carbocycles. The third-order valence-corrected chi connectivity index (χ3v) is 13.8. The van der Waals surface area contributed by atoms with Crippen molar-refractivity contribution in [3.05, 3.63) is 82.9 Å². The Hall–Kier alpha value is -1.63. The lowest BCUT2D eigenvalue weighted by molar-refractivity contribution is 0.257. The summed E-state index contributed by atoms with van der Waals surface area (Å²) in [7, 11) is -1.34. The minimum Gasteiger partial charge on any atom is -0.493 e. The normalized spacial score (nSPS) is 27.0. The van der Waals surface area contributed by atoms with Crippen molar-refractivity contribution >= 4 is 27.6 Å². The second-order valence-corrected chi connectivity index (χ2v) is 13.9. The molecule has 3 atom stereocenters. The molecule has 0 aromatic heterocycles. The largest absolute Gasteiger partial charge is 0.493 e. The van der Waals surface area contributed by atoms with Gasteiger partial charge < -0.3 is 4.74 Å². The van der Waals surface area contributed by atoms with E-state index in [1.807, 2.05) is 0 Å². The lowest BCUT2D eigenvalue weighted by atomic mass is 9.74. The van der Waals surface area contributed by atoms with Gasteiger partial charge in [-0.25, -0.2) is 0 Å². The van der Waals surface area contributed by atoms with Crippen LogP contribution in [0.3, 0.4) is 0 Å². The van der Waals surface area contributed by atoms with Gasteiger partial charge in [-0.3, -0.25) is 0 Å². The molecule has 0 amide bonds. The van der Waals surface area contributed by atoms with Crippen LogP contribution in [0, 0.1) is 5.41 Å². The molecule has 2 aliphatic rings. The molecule has 0 fully saturated rings. The molecule has 3 heteroatoms. The SMILES string of the molecule is CCOC1=C(c2ccccc2)C2(C)C(C)=C(c3ccccc3)P1C2[SiH](C)C. The lowest BCUT2D eigenvalue weighted by Crippen LogP contribution is -2.35. The number of ether oxygens (including phenoxy) is 1. The Morgan fingerprint density at radius 1 is 0.963 bits per heavy atom. The van der Waals surface area contributed by atoms with Crippen LogP contribution in [0.25, 0.3) is 10.9 Å². The number of benzene rings is 2. The van der Waals surface area contributed by atoms with Gasteiger partial charge in [-0.1, -0.05) is 86.3 Å². The first-order chi connectivity index (χ1) is 13.0. The molecule has 2 heterocycles. The van der Waals surface area contributed by atoms with E-state index in [-0.39, 0.29) is 5.41 Å². The second-order valence-electron chi connectivity index (χ2n) is 8.08. The Balaban J connectivity index is 1.97. The van der Waals surface area contributed by atoms with Crippen LogP contribution in [-0.4, -0.2) is 20.7 Å². The fourth-order valence-electron chi connectivity index (χ4n) is 5.17. The number of hydrogen-bond acceptors (Lipinski definition) is 1. The minimum absolute atomic E-state index is 0.100. The second kappa shape index (κ2) is 7.07. The molecule has 0 radical (unpaired) electrons. The third kappa shape index (κ3) is 2.69. The minimum atomic E-state index is -0.904. The summed E-state index contributed by atoms with van der Waals surface area (Å²) in [6, 6.07) is 22.0. The highest BCUT2D eigenvalue weighted by atomic mass is 31.1. The average molecular weight is 393 g/mol. The van der Waals surface area contributed by atoms with E-state index in [0.29, 0.717) is 0 Å². The van der Waals surface area contributed by atoms with Crippen molar-refractivity contribution in [2.45, 2.75) is 39.1 Å². The van der Waals surface area contributed by atoms with Gasteiger partial charge in [0, 0.05) is 19.8 Å². The molecule has 0 saturated heterocycles. The van der Waals surface area contributed by atoms with Crippen molar-refractivity contribution in [2.75, 3.05) is 6.61 Å². The first-order valence-corrected chi connectivity index (χ1v) is 14.4. The third-order valence-electron chi connectivity index (χ3n) is 6.22. The van der Waals surface area contributed by atoms with Crippen molar-refractivity contribution in [1.82, 2.24) is 0 Å². The zero-order chi connectivity index (χ0) is 19.2. The number of allylic oxidation sites excluding steroid dienone is 2. The Bertz CT molecular complexity index is 900. The van der Waals surface area contributed by atoms with Crippen LogP contribution < -0.4 is 0 Å². The van der Waals surface area contributed by atoms with Crippen LogP contribution >= 0.6 is 7.92 Å². The summed E-state index contributed by atoms with van der Waals surface area (Å²) in [5.74, 6) is 0. The van der Waals surface area contributed by atoms with Gasteiger partial charge in [-0.15, -0.1) is 0 Å². The van der Waals surface area contributed by atoms with Crippen molar-refractivity contribution < 1.29 is 4.74 Å². The van der Waals surface area contributed by atoms with Crippen LogP contribution in [0.1, 0.15) is 31.9 Å². The molecule has 0 spiro atoms. The molecule has 2 aliphatic heterocycles. The fourth-order valence-corrected chi connectivity index (χ4v) is 13.6. The summed E-state index contributed by atoms with van der Waals surface area (Å²) in [4.78, 5) is 0. The Morgan fingerprint density at radius 3 is 2.04 bits per heavy atom. The topological polar surface area (TPSA) is 9.23 Å². The summed E-state index contributed by atoms with van der Waals surface area (Å²) in [5.41, 5.74) is 7.20. The maximum atomic E-state index is 6.45. The quantitative estimate of drug-likeness (QED) is 0.405. The van der Waals surface area contributed by atoms with Gasteiger partial charge >= 0.3 is 0 Å². The maximum absolute atomic E-state index is 6.45. The molecule has 140 valence electrons. The van der Waals surface area contributed by atoms with E-state index in [2.05, 4.69) is 94.5 Å². The molecule has 1 nitrogen and oxygen atoms in total. The van der Waals surface area contributed by atoms with Gasteiger partial charge in [-0.05, 0) is 43.5 Å². The highest BCUT2D eigenvalue weighted by Crippen LogP contribution is 2.82. The summed E-state index contributed by atoms with van der Waals surface area (Å²) in [6.07, 6.45) is 0. The van der Waals surface area contributed by atoms with Gasteiger partial charge in [0.2, 0.25) is 0 Å². The molecule has 2 aromatic rings. The molecular formula is C24H29OPSi. The summed E-state index contributed by atoms with van der Waals surface area (Å²) < 4.78 is 6.45. The maximum Gasteiger partial charge on any atom is 0.127 e. The van der Waals surface area contributed by atoms with E-state index in [9.17, 15) is 0 Å². The standard InChI is InChI=1S/C24H29OPSi/c1-6-25-22-20(18-13-9-7-10-14-18)24(3)17(2)21(19-15-11-8-12-16-19)26(22)23(24)27(4)5/h7-16,23,27H,6H2,1-5H3. The summed E-state index contributed by atoms with van der Waals surface area (Å²) in [6.45, 7) is 12.8. The van der Waals surface area contributed by atoms with Gasteiger partial charge in [0.1, 0.15) is 5.50 Å². The van der Waals surface area contributed by atoms with Gasteiger partial charge in [0.05, 0.1) is 6.61 Å². The highest BCUT2D eigenvalue weighted by molar-refractivity contribution is 7.76. The molecule has 3 unspecified atom stereocenters. The highest BCUT2D eigenvalue weighted by Gasteiger charge is 2.61. The predicted molar refractivity (Wildman–Crippen MR) is 122 cm³/mol. The zero-order valence-electron chi connectivity index (χ0n) is 17.0. The van der Waals surface area contributed by atoms with Crippen LogP contribution in [0.5, 0.6) is 0 Å². The summed E-state index contributed by atoms with van der Waals surface area (Å²) >= 11 is 0. The van der Waals surface area contributed by atoms with E-state index in [1.165, 1.54) is 22.2 Å². The number of rotatable bonds is 5. The lowest BCUT2D eigenvalue weighted by Gasteiger charge is -2.34. The van der Waals surface area contributed by atoms with Gasteiger partial charge in [0.15, 0.2) is 0 Å². The molecule has 4 rings (SSSR count). The molecular weight excluding hydrogens is 363 g/mol. The molecule has 2 aromatic carbocycles. The Morgan fingerprint density at radius 2 is 1.52 bits per heavy atom. The van der Waals surface area contributed by atoms with Crippen molar-refractivity contribution in [2.24, 2.45) is 5.41 Å². The van der Waals surface area contributed by atoms with Crippen molar-refractivity contribution in [1.29, 1.82) is 0 Å². The molecule has 0 N–H and O–H groups in total. The number of hydrogen-bond donors (Lipinski definition) is 0. The Labute approximate surface area is 166 Å². The van der Waals surface area contributed by atoms with E-state index >= 15 is 0 Å². The van der Waals surface area contributed by atoms with Gasteiger partial charge in [0.25, 0.3) is 0 Å². The fraction of sp³-hybridized carbons (Fsp3) is 0.333. The predicted octanol–water partition coefficient (Wildman–Crippen LogP) is 6.73. The first-order valence-electron chi connectivity index (χ1n) is 10.0. The first kappa shape index (κ1) is 18.7.